The van der Waals surface area contributed by atoms with Gasteiger partial charge in [0, 0.05) is 13.7 Å². The van der Waals surface area contributed by atoms with Gasteiger partial charge in [-0.2, -0.15) is 5.10 Å². The van der Waals surface area contributed by atoms with Gasteiger partial charge in [-0.25, -0.2) is 13.6 Å². The number of hydrogen-bond donors (Lipinski definition) is 2. The van der Waals surface area contributed by atoms with Crippen LogP contribution in [0, 0.1) is 0 Å². The summed E-state index contributed by atoms with van der Waals surface area (Å²) in [6, 6.07) is -0.206. The molecule has 1 rings (SSSR count). The zero-order valence-electron chi connectivity index (χ0n) is 12.7. The normalized spacial score (nSPS) is 13.2. The van der Waals surface area contributed by atoms with Gasteiger partial charge in [0.15, 0.2) is 5.69 Å². The lowest BCUT2D eigenvalue weighted by molar-refractivity contribution is 0.0570. The number of nitrogens with one attached hydrogen (secondary N) is 1. The summed E-state index contributed by atoms with van der Waals surface area (Å²) in [7, 11) is -2.49. The van der Waals surface area contributed by atoms with Crippen LogP contribution in [0.3, 0.4) is 0 Å². The van der Waals surface area contributed by atoms with E-state index in [1.165, 1.54) is 12.0 Å². The topological polar surface area (TPSA) is 118 Å². The molecule has 0 aromatic carbocycles. The van der Waals surface area contributed by atoms with Crippen molar-refractivity contribution in [2.45, 2.75) is 38.1 Å². The van der Waals surface area contributed by atoms with Crippen molar-refractivity contribution in [3.63, 3.8) is 0 Å². The molecule has 0 fully saturated rings. The summed E-state index contributed by atoms with van der Waals surface area (Å²) in [5.41, 5.74) is 0.162. The fraction of sp³-hybridized carbons (Fsp3) is 0.667. The standard InChI is InChI=1S/C12H22N4O4S/c1-5-9-11(21(13,18)19)10(15-14-9)12(17)16(6-2)8(3)7-20-4/h8H,5-7H2,1-4H3,(H,14,15)(H2,13,18,19). The SMILES string of the molecule is CCc1[nH]nc(C(=O)N(CC)C(C)COC)c1S(N)(=O)=O. The molecule has 0 saturated carbocycles. The van der Waals surface area contributed by atoms with Crippen molar-refractivity contribution < 1.29 is 17.9 Å². The molecule has 0 bridgehead atoms. The van der Waals surface area contributed by atoms with Crippen LogP contribution in [0.15, 0.2) is 4.90 Å². The Balaban J connectivity index is 3.27. The van der Waals surface area contributed by atoms with E-state index in [1.54, 1.807) is 13.8 Å². The van der Waals surface area contributed by atoms with Crippen molar-refractivity contribution >= 4 is 15.9 Å². The highest BCUT2D eigenvalue weighted by molar-refractivity contribution is 7.89. The molecule has 0 saturated heterocycles. The quantitative estimate of drug-likeness (QED) is 0.740. The number of H-pyrrole nitrogens is 1. The van der Waals surface area contributed by atoms with Crippen molar-refractivity contribution in [2.75, 3.05) is 20.3 Å². The van der Waals surface area contributed by atoms with Crippen LogP contribution in [0.1, 0.15) is 37.0 Å². The van der Waals surface area contributed by atoms with Crippen LogP contribution in [0.2, 0.25) is 0 Å². The summed E-state index contributed by atoms with van der Waals surface area (Å²) in [6.07, 6.45) is 0.381. The average Bonchev–Trinajstić information content (AvgIpc) is 2.83. The first-order valence-electron chi connectivity index (χ1n) is 6.67. The van der Waals surface area contributed by atoms with Crippen LogP contribution in [0.5, 0.6) is 0 Å². The first-order chi connectivity index (χ1) is 9.77. The van der Waals surface area contributed by atoms with Crippen molar-refractivity contribution in [2.24, 2.45) is 5.14 Å². The highest BCUT2D eigenvalue weighted by Gasteiger charge is 2.30. The second-order valence-electron chi connectivity index (χ2n) is 4.67. The van der Waals surface area contributed by atoms with Gasteiger partial charge >= 0.3 is 0 Å². The van der Waals surface area contributed by atoms with Crippen LogP contribution >= 0.6 is 0 Å². The summed E-state index contributed by atoms with van der Waals surface area (Å²) in [5.74, 6) is -0.484. The Kier molecular flexibility index (Phi) is 5.87. The highest BCUT2D eigenvalue weighted by Crippen LogP contribution is 2.20. The molecule has 0 aliphatic carbocycles. The maximum Gasteiger partial charge on any atom is 0.276 e. The highest BCUT2D eigenvalue weighted by atomic mass is 32.2. The Morgan fingerprint density at radius 3 is 2.52 bits per heavy atom. The van der Waals surface area contributed by atoms with Crippen molar-refractivity contribution in [1.29, 1.82) is 0 Å². The molecule has 1 unspecified atom stereocenters. The maximum absolute atomic E-state index is 12.6. The van der Waals surface area contributed by atoms with E-state index < -0.39 is 15.9 Å². The van der Waals surface area contributed by atoms with Gasteiger partial charge in [0.05, 0.1) is 18.3 Å². The van der Waals surface area contributed by atoms with E-state index in [4.69, 9.17) is 9.88 Å². The summed E-state index contributed by atoms with van der Waals surface area (Å²) >= 11 is 0. The third-order valence-electron chi connectivity index (χ3n) is 3.17. The first kappa shape index (κ1) is 17.6. The van der Waals surface area contributed by atoms with Gasteiger partial charge < -0.3 is 9.64 Å². The number of methoxy groups -OCH3 is 1. The van der Waals surface area contributed by atoms with Crippen LogP contribution in [-0.2, 0) is 21.2 Å². The number of carbonyl (C=O) groups excluding carboxylic acids is 1. The minimum Gasteiger partial charge on any atom is -0.383 e. The number of nitrogens with two attached hydrogens (primary N) is 1. The molecule has 0 aliphatic rings. The third-order valence-corrected chi connectivity index (χ3v) is 4.18. The smallest absolute Gasteiger partial charge is 0.276 e. The van der Waals surface area contributed by atoms with E-state index in [9.17, 15) is 13.2 Å². The molecule has 1 aromatic rings. The number of carbonyl (C=O) groups is 1. The molecule has 9 heteroatoms. The van der Waals surface area contributed by atoms with E-state index >= 15 is 0 Å². The lowest BCUT2D eigenvalue weighted by atomic mass is 10.2. The van der Waals surface area contributed by atoms with E-state index in [0.717, 1.165) is 0 Å². The van der Waals surface area contributed by atoms with E-state index in [2.05, 4.69) is 10.2 Å². The molecule has 1 amide bonds. The van der Waals surface area contributed by atoms with Crippen LogP contribution < -0.4 is 5.14 Å². The zero-order valence-corrected chi connectivity index (χ0v) is 13.5. The van der Waals surface area contributed by atoms with E-state index in [-0.39, 0.29) is 16.6 Å². The molecule has 1 heterocycles. The monoisotopic (exact) mass is 318 g/mol. The van der Waals surface area contributed by atoms with Gasteiger partial charge in [-0.05, 0) is 20.3 Å². The van der Waals surface area contributed by atoms with Gasteiger partial charge in [0.2, 0.25) is 10.0 Å². The predicted octanol–water partition coefficient (Wildman–Crippen LogP) is 0.117. The van der Waals surface area contributed by atoms with Crippen molar-refractivity contribution in [3.8, 4) is 0 Å². The van der Waals surface area contributed by atoms with Gasteiger partial charge in [0.25, 0.3) is 5.91 Å². The van der Waals surface area contributed by atoms with Gasteiger partial charge in [-0.15, -0.1) is 0 Å². The number of rotatable bonds is 7. The summed E-state index contributed by atoms with van der Waals surface area (Å²) in [5, 5.41) is 11.6. The minimum atomic E-state index is -4.03. The fourth-order valence-corrected chi connectivity index (χ4v) is 3.12. The fourth-order valence-electron chi connectivity index (χ4n) is 2.18. The molecule has 0 spiro atoms. The Bertz CT molecular complexity index is 596. The number of likely N-dealkylation sites (N-methyl/N-ethyl adjacent to an activating group) is 1. The van der Waals surface area contributed by atoms with Crippen molar-refractivity contribution in [1.82, 2.24) is 15.1 Å². The Morgan fingerprint density at radius 2 is 2.10 bits per heavy atom. The molecule has 120 valence electrons. The number of aromatic nitrogens is 2. The lowest BCUT2D eigenvalue weighted by Crippen LogP contribution is -2.41. The number of aryl methyl sites for hydroxylation is 1. The number of hydrogen-bond acceptors (Lipinski definition) is 5. The van der Waals surface area contributed by atoms with Crippen LogP contribution in [0.25, 0.3) is 0 Å². The predicted molar refractivity (Wildman–Crippen MR) is 77.4 cm³/mol. The number of aromatic amines is 1. The second kappa shape index (κ2) is 7.01. The molecule has 0 radical (unpaired) electrons. The molecular weight excluding hydrogens is 296 g/mol. The summed E-state index contributed by atoms with van der Waals surface area (Å²) in [4.78, 5) is 13.8. The summed E-state index contributed by atoms with van der Waals surface area (Å²) in [6.45, 7) is 6.11. The number of amides is 1. The van der Waals surface area contributed by atoms with Gasteiger partial charge in [-0.1, -0.05) is 6.92 Å². The molecule has 21 heavy (non-hydrogen) atoms. The molecule has 0 aliphatic heterocycles. The lowest BCUT2D eigenvalue weighted by Gasteiger charge is -2.27. The Hall–Kier alpha value is -1.45. The minimum absolute atomic E-state index is 0.167. The van der Waals surface area contributed by atoms with E-state index in [0.29, 0.717) is 25.3 Å². The second-order valence-corrected chi connectivity index (χ2v) is 6.17. The van der Waals surface area contributed by atoms with Gasteiger partial charge in [-0.3, -0.25) is 9.89 Å². The van der Waals surface area contributed by atoms with E-state index in [1.807, 2.05) is 6.92 Å². The molecule has 1 aromatic heterocycles. The number of nitrogens with zero attached hydrogens (tertiary/aromatic N) is 2. The molecule has 3 N–H and O–H groups in total. The molecule has 8 nitrogen and oxygen atoms in total. The Morgan fingerprint density at radius 1 is 1.48 bits per heavy atom. The number of sulfonamides is 1. The largest absolute Gasteiger partial charge is 0.383 e. The van der Waals surface area contributed by atoms with Crippen LogP contribution in [-0.4, -0.2) is 55.7 Å². The Labute approximate surface area is 124 Å². The zero-order chi connectivity index (χ0) is 16.2. The third kappa shape index (κ3) is 3.80. The van der Waals surface area contributed by atoms with Gasteiger partial charge in [0.1, 0.15) is 4.90 Å². The number of ether oxygens (including phenoxy) is 1. The average molecular weight is 318 g/mol. The number of primary sulfonamides is 1. The molecular formula is C12H22N4O4S. The molecule has 1 atom stereocenters. The van der Waals surface area contributed by atoms with Crippen molar-refractivity contribution in [3.05, 3.63) is 11.4 Å². The first-order valence-corrected chi connectivity index (χ1v) is 8.22. The summed E-state index contributed by atoms with van der Waals surface area (Å²) < 4.78 is 28.5. The van der Waals surface area contributed by atoms with Crippen LogP contribution in [0.4, 0.5) is 0 Å². The maximum atomic E-state index is 12.6.